The van der Waals surface area contributed by atoms with Crippen molar-refractivity contribution in [3.8, 4) is 0 Å². The summed E-state index contributed by atoms with van der Waals surface area (Å²) in [5, 5.41) is 14.4. The number of hydrogen-bond acceptors (Lipinski definition) is 11. The molecule has 0 unspecified atom stereocenters. The van der Waals surface area contributed by atoms with Crippen molar-refractivity contribution < 1.29 is 33.6 Å². The first-order chi connectivity index (χ1) is 22.4. The first-order valence-electron chi connectivity index (χ1n) is 14.4. The van der Waals surface area contributed by atoms with Gasteiger partial charge in [-0.2, -0.15) is 0 Å². The minimum Gasteiger partial charge on any atom is -0.466 e. The van der Waals surface area contributed by atoms with E-state index >= 15 is 0 Å². The fourth-order valence-electron chi connectivity index (χ4n) is 4.66. The van der Waals surface area contributed by atoms with Crippen LogP contribution in [0.3, 0.4) is 0 Å². The number of nitrogens with two attached hydrogens (primary N) is 1. The number of nitrogens with one attached hydrogen (secondary N) is 1. The van der Waals surface area contributed by atoms with Gasteiger partial charge in [0.1, 0.15) is 0 Å². The summed E-state index contributed by atoms with van der Waals surface area (Å²) in [6, 6.07) is 12.8. The van der Waals surface area contributed by atoms with Crippen LogP contribution in [0.2, 0.25) is 0 Å². The van der Waals surface area contributed by atoms with Gasteiger partial charge in [0.2, 0.25) is 5.91 Å². The summed E-state index contributed by atoms with van der Waals surface area (Å²) in [6.45, 7) is 8.71. The van der Waals surface area contributed by atoms with E-state index in [4.69, 9.17) is 15.2 Å². The Morgan fingerprint density at radius 3 is 1.72 bits per heavy atom. The van der Waals surface area contributed by atoms with E-state index in [-0.39, 0.29) is 28.3 Å². The Hall–Kier alpha value is -5.92. The predicted octanol–water partition coefficient (Wildman–Crippen LogP) is 3.92. The number of ether oxygens (including phenoxy) is 2. The molecule has 4 rings (SSSR count). The Morgan fingerprint density at radius 2 is 1.34 bits per heavy atom. The number of allylic oxidation sites excluding steroid dienone is 2. The van der Waals surface area contributed by atoms with Crippen molar-refractivity contribution in [3.05, 3.63) is 123 Å². The van der Waals surface area contributed by atoms with Gasteiger partial charge < -0.3 is 25.4 Å². The van der Waals surface area contributed by atoms with Gasteiger partial charge in [-0.3, -0.25) is 29.7 Å². The molecule has 14 heteroatoms. The number of nitrogens with zero attached hydrogens (tertiary/aromatic N) is 4. The zero-order chi connectivity index (χ0) is 35.1. The van der Waals surface area contributed by atoms with Crippen molar-refractivity contribution >= 4 is 29.4 Å². The summed E-state index contributed by atoms with van der Waals surface area (Å²) in [7, 11) is 2.42. The van der Waals surface area contributed by atoms with Crippen molar-refractivity contribution in [1.29, 1.82) is 0 Å². The molecule has 0 spiro atoms. The number of pyridine rings is 2. The molecule has 2 aromatic heterocycles. The van der Waals surface area contributed by atoms with E-state index in [1.54, 1.807) is 67.7 Å². The molecule has 0 saturated heterocycles. The molecule has 0 aliphatic carbocycles. The van der Waals surface area contributed by atoms with E-state index in [0.29, 0.717) is 22.5 Å². The number of amides is 2. The average Bonchev–Trinajstić information content (AvgIpc) is 3.09. The number of carbonyl (C=O) groups excluding carboxylic acids is 4. The Labute approximate surface area is 272 Å². The number of para-hydroxylation sites is 1. The topological polar surface area (TPSA) is 197 Å². The lowest BCUT2D eigenvalue weighted by Gasteiger charge is -2.29. The molecule has 2 amide bonds. The molecule has 3 aromatic rings. The average molecular weight is 647 g/mol. The zero-order valence-electron chi connectivity index (χ0n) is 27.1. The minimum absolute atomic E-state index is 0.0538. The van der Waals surface area contributed by atoms with Crippen LogP contribution < -0.4 is 11.1 Å². The predicted molar refractivity (Wildman–Crippen MR) is 173 cm³/mol. The van der Waals surface area contributed by atoms with Gasteiger partial charge in [0.25, 0.3) is 11.6 Å². The number of benzene rings is 1. The third kappa shape index (κ3) is 9.78. The molecule has 1 aliphatic heterocycles. The van der Waals surface area contributed by atoms with Gasteiger partial charge in [-0.25, -0.2) is 9.59 Å². The molecule has 1 aromatic carbocycles. The van der Waals surface area contributed by atoms with Crippen LogP contribution in [0.1, 0.15) is 59.9 Å². The van der Waals surface area contributed by atoms with E-state index in [1.807, 2.05) is 13.8 Å². The van der Waals surface area contributed by atoms with Crippen LogP contribution in [0.5, 0.6) is 0 Å². The Kier molecular flexibility index (Phi) is 14.4. The smallest absolute Gasteiger partial charge is 0.336 e. The maximum atomic E-state index is 12.3. The molecule has 0 atom stereocenters. The van der Waals surface area contributed by atoms with Crippen LogP contribution in [0.4, 0.5) is 5.69 Å². The highest BCUT2D eigenvalue weighted by atomic mass is 16.6. The molecule has 0 saturated carbocycles. The van der Waals surface area contributed by atoms with Crippen LogP contribution in [0.25, 0.3) is 0 Å². The van der Waals surface area contributed by atoms with Crippen molar-refractivity contribution in [1.82, 2.24) is 20.2 Å². The van der Waals surface area contributed by atoms with Gasteiger partial charge in [0.05, 0.1) is 47.3 Å². The second kappa shape index (κ2) is 18.1. The Morgan fingerprint density at radius 1 is 0.851 bits per heavy atom. The van der Waals surface area contributed by atoms with E-state index in [1.165, 1.54) is 38.6 Å². The number of carbonyl (C=O) groups is 4. The van der Waals surface area contributed by atoms with E-state index in [0.717, 1.165) is 13.1 Å². The Bertz CT molecular complexity index is 1600. The van der Waals surface area contributed by atoms with Crippen LogP contribution in [0.15, 0.2) is 95.9 Å². The molecule has 47 heavy (non-hydrogen) atoms. The van der Waals surface area contributed by atoms with Gasteiger partial charge in [-0.15, -0.1) is 0 Å². The van der Waals surface area contributed by atoms with E-state index in [9.17, 15) is 29.3 Å². The maximum Gasteiger partial charge on any atom is 0.336 e. The molecule has 248 valence electrons. The summed E-state index contributed by atoms with van der Waals surface area (Å²) >= 11 is 0. The summed E-state index contributed by atoms with van der Waals surface area (Å²) < 4.78 is 9.66. The number of nitro groups is 1. The molecule has 0 radical (unpaired) electrons. The second-order valence-corrected chi connectivity index (χ2v) is 9.76. The van der Waals surface area contributed by atoms with Gasteiger partial charge >= 0.3 is 11.9 Å². The van der Waals surface area contributed by atoms with Crippen LogP contribution in [0, 0.1) is 10.1 Å². The zero-order valence-corrected chi connectivity index (χ0v) is 27.1. The van der Waals surface area contributed by atoms with Gasteiger partial charge in [0.15, 0.2) is 0 Å². The highest BCUT2D eigenvalue weighted by Gasteiger charge is 2.40. The first-order valence-corrected chi connectivity index (χ1v) is 14.4. The Balaban J connectivity index is 0.000000288. The fraction of sp³-hybridized carbons (Fsp3) is 0.273. The molecule has 0 fully saturated rings. The number of methoxy groups -OCH3 is 2. The minimum atomic E-state index is -0.970. The number of dihydropyridines is 1. The molecule has 0 bridgehead atoms. The van der Waals surface area contributed by atoms with Gasteiger partial charge in [0, 0.05) is 60.9 Å². The van der Waals surface area contributed by atoms with E-state index in [2.05, 4.69) is 15.3 Å². The van der Waals surface area contributed by atoms with E-state index < -0.39 is 28.7 Å². The number of primary amides is 1. The van der Waals surface area contributed by atoms with Crippen molar-refractivity contribution in [2.75, 3.05) is 27.3 Å². The summed E-state index contributed by atoms with van der Waals surface area (Å²) in [6.07, 6.45) is 6.29. The molecule has 3 N–H and O–H groups in total. The molecule has 14 nitrogen and oxygen atoms in total. The molecule has 1 aliphatic rings. The maximum absolute atomic E-state index is 12.3. The standard InChI is InChI=1S/C17H18N2O6.C10H14N2O.C6H6N2O/c1-9-13(16(20)24-3)15(14(10(2)18-9)17(21)25-4)11-7-5-6-8-12(11)19(22)23;1-3-12(4-2)10(13)9-6-5-7-11-8-9;7-6(9)5-2-1-3-8-4-5/h5-8,15,18H,1-4H3;5-8H,3-4H2,1-2H3;1-4H,(H2,7,9). The quantitative estimate of drug-likeness (QED) is 0.204. The third-order valence-electron chi connectivity index (χ3n) is 6.92. The lowest BCUT2D eigenvalue weighted by Crippen LogP contribution is -2.32. The number of rotatable bonds is 8. The summed E-state index contributed by atoms with van der Waals surface area (Å²) in [5.74, 6) is -2.71. The lowest BCUT2D eigenvalue weighted by molar-refractivity contribution is -0.385. The van der Waals surface area contributed by atoms with Crippen molar-refractivity contribution in [2.24, 2.45) is 5.73 Å². The molecular weight excluding hydrogens is 608 g/mol. The normalized spacial score (nSPS) is 12.3. The summed E-state index contributed by atoms with van der Waals surface area (Å²) in [4.78, 5) is 67.0. The van der Waals surface area contributed by atoms with Gasteiger partial charge in [-0.1, -0.05) is 18.2 Å². The van der Waals surface area contributed by atoms with Crippen LogP contribution in [-0.2, 0) is 19.1 Å². The lowest BCUT2D eigenvalue weighted by atomic mass is 9.79. The molecule has 3 heterocycles. The highest BCUT2D eigenvalue weighted by molar-refractivity contribution is 6.00. The van der Waals surface area contributed by atoms with Gasteiger partial charge in [-0.05, 0) is 52.0 Å². The first kappa shape index (κ1) is 37.3. The number of aromatic nitrogens is 2. The third-order valence-corrected chi connectivity index (χ3v) is 6.92. The number of nitro benzene ring substituents is 1. The largest absolute Gasteiger partial charge is 0.466 e. The van der Waals surface area contributed by atoms with Crippen molar-refractivity contribution in [3.63, 3.8) is 0 Å². The second-order valence-electron chi connectivity index (χ2n) is 9.76. The highest BCUT2D eigenvalue weighted by Crippen LogP contribution is 2.42. The monoisotopic (exact) mass is 646 g/mol. The molecular formula is C33H38N6O8. The van der Waals surface area contributed by atoms with Crippen LogP contribution in [-0.4, -0.2) is 70.9 Å². The fourth-order valence-corrected chi connectivity index (χ4v) is 4.66. The summed E-state index contributed by atoms with van der Waals surface area (Å²) in [5.41, 5.74) is 7.23. The number of esters is 2. The van der Waals surface area contributed by atoms with Crippen LogP contribution >= 0.6 is 0 Å². The van der Waals surface area contributed by atoms with Crippen molar-refractivity contribution in [2.45, 2.75) is 33.6 Å². The number of hydrogen-bond donors (Lipinski definition) is 2. The SMILES string of the molecule is CCN(CC)C(=O)c1cccnc1.COC(=O)C1=C(C)NC(C)=C(C(=O)OC)C1c1ccccc1[N+](=O)[O-].NC(=O)c1cccnc1.